The lowest BCUT2D eigenvalue weighted by molar-refractivity contribution is -0.167. The summed E-state index contributed by atoms with van der Waals surface area (Å²) in [6.45, 7) is 6.48. The van der Waals surface area contributed by atoms with Crippen molar-refractivity contribution in [3.05, 3.63) is 72.9 Å². The summed E-state index contributed by atoms with van der Waals surface area (Å²) in [5.74, 6) is -0.876. The van der Waals surface area contributed by atoms with Crippen LogP contribution >= 0.6 is 0 Å². The van der Waals surface area contributed by atoms with E-state index in [9.17, 15) is 14.4 Å². The number of rotatable bonds is 50. The molecule has 0 N–H and O–H groups in total. The third kappa shape index (κ3) is 51.8. The molecular formula is C60H104O6. The van der Waals surface area contributed by atoms with Gasteiger partial charge in [0.05, 0.1) is 0 Å². The van der Waals surface area contributed by atoms with Gasteiger partial charge in [-0.25, -0.2) is 0 Å². The zero-order valence-corrected chi connectivity index (χ0v) is 43.4. The van der Waals surface area contributed by atoms with E-state index >= 15 is 0 Å². The van der Waals surface area contributed by atoms with Crippen molar-refractivity contribution in [2.24, 2.45) is 0 Å². The third-order valence-electron chi connectivity index (χ3n) is 12.0. The van der Waals surface area contributed by atoms with Crippen LogP contribution in [0.1, 0.15) is 271 Å². The molecule has 0 saturated carbocycles. The molecule has 6 heteroatoms. The predicted molar refractivity (Wildman–Crippen MR) is 284 cm³/mol. The van der Waals surface area contributed by atoms with Crippen LogP contribution in [0.2, 0.25) is 0 Å². The zero-order chi connectivity index (χ0) is 47.9. The van der Waals surface area contributed by atoms with Gasteiger partial charge in [-0.2, -0.15) is 0 Å². The molecule has 66 heavy (non-hydrogen) atoms. The smallest absolute Gasteiger partial charge is 0.306 e. The summed E-state index contributed by atoms with van der Waals surface area (Å²) in [7, 11) is 0. The molecule has 0 spiro atoms. The van der Waals surface area contributed by atoms with E-state index in [1.54, 1.807) is 0 Å². The first-order valence-corrected chi connectivity index (χ1v) is 27.9. The van der Waals surface area contributed by atoms with Gasteiger partial charge in [-0.15, -0.1) is 0 Å². The molecule has 0 radical (unpaired) electrons. The van der Waals surface area contributed by atoms with Gasteiger partial charge < -0.3 is 14.2 Å². The second kappa shape index (κ2) is 54.5. The summed E-state index contributed by atoms with van der Waals surface area (Å²) in [6, 6.07) is 0. The lowest BCUT2D eigenvalue weighted by Crippen LogP contribution is -2.30. The van der Waals surface area contributed by atoms with E-state index in [-0.39, 0.29) is 31.1 Å². The SMILES string of the molecule is CC/C=C\C/C=C\C/C=C\C/C=C\C/C=C\C/C=C\CCCCCCCCCCCCCCC(=O)OCC(COC(=O)CCCCCCCCCC)OC(=O)CCCCCCCCCCC. The number of carbonyl (C=O) groups is 3. The minimum atomic E-state index is -0.768. The van der Waals surface area contributed by atoms with Crippen LogP contribution in [0.5, 0.6) is 0 Å². The Bertz CT molecular complexity index is 1240. The monoisotopic (exact) mass is 921 g/mol. The normalized spacial score (nSPS) is 12.6. The highest BCUT2D eigenvalue weighted by Gasteiger charge is 2.19. The average molecular weight is 921 g/mol. The average Bonchev–Trinajstić information content (AvgIpc) is 3.31. The fourth-order valence-corrected chi connectivity index (χ4v) is 7.80. The zero-order valence-electron chi connectivity index (χ0n) is 43.4. The van der Waals surface area contributed by atoms with Crippen LogP contribution in [0.3, 0.4) is 0 Å². The topological polar surface area (TPSA) is 78.9 Å². The second-order valence-electron chi connectivity index (χ2n) is 18.5. The Labute approximate surface area is 408 Å². The number of esters is 3. The molecule has 0 rings (SSSR count). The maximum atomic E-state index is 12.7. The first-order chi connectivity index (χ1) is 32.5. The largest absolute Gasteiger partial charge is 0.462 e. The van der Waals surface area contributed by atoms with Gasteiger partial charge in [-0.3, -0.25) is 14.4 Å². The van der Waals surface area contributed by atoms with Gasteiger partial charge in [0.15, 0.2) is 6.10 Å². The van der Waals surface area contributed by atoms with Crippen molar-refractivity contribution in [2.75, 3.05) is 13.2 Å². The van der Waals surface area contributed by atoms with E-state index in [1.165, 1.54) is 135 Å². The minimum Gasteiger partial charge on any atom is -0.462 e. The van der Waals surface area contributed by atoms with E-state index in [0.717, 1.165) is 96.3 Å². The molecule has 6 nitrogen and oxygen atoms in total. The van der Waals surface area contributed by atoms with Crippen molar-refractivity contribution >= 4 is 17.9 Å². The van der Waals surface area contributed by atoms with Crippen LogP contribution in [0.15, 0.2) is 72.9 Å². The Morgan fingerprint density at radius 2 is 0.591 bits per heavy atom. The Morgan fingerprint density at radius 3 is 0.924 bits per heavy atom. The van der Waals surface area contributed by atoms with Gasteiger partial charge in [0, 0.05) is 19.3 Å². The molecule has 0 heterocycles. The number of carbonyl (C=O) groups excluding carboxylic acids is 3. The molecule has 0 bridgehead atoms. The van der Waals surface area contributed by atoms with Gasteiger partial charge in [0.1, 0.15) is 13.2 Å². The van der Waals surface area contributed by atoms with Crippen molar-refractivity contribution in [3.63, 3.8) is 0 Å². The summed E-state index contributed by atoms with van der Waals surface area (Å²) in [5.41, 5.74) is 0. The van der Waals surface area contributed by atoms with Gasteiger partial charge in [0.25, 0.3) is 0 Å². The lowest BCUT2D eigenvalue weighted by atomic mass is 10.0. The summed E-state index contributed by atoms with van der Waals surface area (Å²) in [5, 5.41) is 0. The molecular weight excluding hydrogens is 817 g/mol. The standard InChI is InChI=1S/C60H104O6/c1-4-7-10-13-16-19-20-21-22-23-24-25-26-27-28-29-30-31-32-33-34-35-36-37-38-39-40-42-44-47-50-53-59(62)65-56-57(55-64-58(61)52-49-46-43-18-15-12-9-6-3)66-60(63)54-51-48-45-41-17-14-11-8-5-2/h7,10,16,19,21-22,24-25,27-28,30-31,57H,4-6,8-9,11-15,17-18,20,23,26,29,32-56H2,1-3H3/b10-7-,19-16-,22-21-,25-24-,28-27-,31-30-. The molecule has 380 valence electrons. The van der Waals surface area contributed by atoms with Crippen LogP contribution in [-0.2, 0) is 28.6 Å². The maximum absolute atomic E-state index is 12.7. The molecule has 0 aliphatic carbocycles. The summed E-state index contributed by atoms with van der Waals surface area (Å²) >= 11 is 0. The van der Waals surface area contributed by atoms with Gasteiger partial charge in [-0.1, -0.05) is 254 Å². The summed E-state index contributed by atoms with van der Waals surface area (Å²) in [6.07, 6.45) is 69.2. The first kappa shape index (κ1) is 62.8. The number of allylic oxidation sites excluding steroid dienone is 12. The van der Waals surface area contributed by atoms with Crippen molar-refractivity contribution in [2.45, 2.75) is 277 Å². The molecule has 0 aromatic carbocycles. The van der Waals surface area contributed by atoms with Crippen molar-refractivity contribution in [3.8, 4) is 0 Å². The van der Waals surface area contributed by atoms with Gasteiger partial charge in [-0.05, 0) is 70.6 Å². The van der Waals surface area contributed by atoms with E-state index < -0.39 is 6.10 Å². The fourth-order valence-electron chi connectivity index (χ4n) is 7.80. The molecule has 1 atom stereocenters. The highest BCUT2D eigenvalue weighted by Crippen LogP contribution is 2.15. The van der Waals surface area contributed by atoms with Crippen LogP contribution in [-0.4, -0.2) is 37.2 Å². The van der Waals surface area contributed by atoms with Gasteiger partial charge in [0.2, 0.25) is 0 Å². The Hall–Kier alpha value is -3.15. The highest BCUT2D eigenvalue weighted by molar-refractivity contribution is 5.71. The van der Waals surface area contributed by atoms with Crippen LogP contribution in [0.4, 0.5) is 0 Å². The fraction of sp³-hybridized carbons (Fsp3) is 0.750. The quantitative estimate of drug-likeness (QED) is 0.0262. The predicted octanol–water partition coefficient (Wildman–Crippen LogP) is 18.6. The summed E-state index contributed by atoms with van der Waals surface area (Å²) in [4.78, 5) is 37.8. The molecule has 1 unspecified atom stereocenters. The Kier molecular flexibility index (Phi) is 51.9. The molecule has 0 amide bonds. The Balaban J connectivity index is 4.02. The van der Waals surface area contributed by atoms with Gasteiger partial charge >= 0.3 is 17.9 Å². The lowest BCUT2D eigenvalue weighted by Gasteiger charge is -2.18. The van der Waals surface area contributed by atoms with Crippen molar-refractivity contribution < 1.29 is 28.6 Å². The van der Waals surface area contributed by atoms with E-state index in [1.807, 2.05) is 0 Å². The van der Waals surface area contributed by atoms with E-state index in [4.69, 9.17) is 14.2 Å². The molecule has 0 aromatic heterocycles. The molecule has 0 aromatic rings. The summed E-state index contributed by atoms with van der Waals surface area (Å²) < 4.78 is 16.7. The molecule has 0 aliphatic rings. The van der Waals surface area contributed by atoms with Crippen LogP contribution in [0.25, 0.3) is 0 Å². The van der Waals surface area contributed by atoms with Crippen LogP contribution < -0.4 is 0 Å². The molecule has 0 saturated heterocycles. The van der Waals surface area contributed by atoms with Crippen molar-refractivity contribution in [1.82, 2.24) is 0 Å². The highest BCUT2D eigenvalue weighted by atomic mass is 16.6. The van der Waals surface area contributed by atoms with Crippen molar-refractivity contribution in [1.29, 1.82) is 0 Å². The number of unbranched alkanes of at least 4 members (excludes halogenated alkanes) is 27. The number of hydrogen-bond acceptors (Lipinski definition) is 6. The minimum absolute atomic E-state index is 0.0717. The number of ether oxygens (including phenoxy) is 3. The molecule has 0 fully saturated rings. The molecule has 0 aliphatic heterocycles. The third-order valence-corrected chi connectivity index (χ3v) is 12.0. The maximum Gasteiger partial charge on any atom is 0.306 e. The second-order valence-corrected chi connectivity index (χ2v) is 18.5. The Morgan fingerprint density at radius 1 is 0.318 bits per heavy atom. The van der Waals surface area contributed by atoms with E-state index in [0.29, 0.717) is 19.3 Å². The first-order valence-electron chi connectivity index (χ1n) is 27.9. The number of hydrogen-bond donors (Lipinski definition) is 0. The van der Waals surface area contributed by atoms with E-state index in [2.05, 4.69) is 93.7 Å². The van der Waals surface area contributed by atoms with Crippen LogP contribution in [0, 0.1) is 0 Å².